The highest BCUT2D eigenvalue weighted by Crippen LogP contribution is 2.17. The Morgan fingerprint density at radius 2 is 1.58 bits per heavy atom. The number of carbonyl (C=O) groups is 1. The van der Waals surface area contributed by atoms with Gasteiger partial charge in [0.2, 0.25) is 0 Å². The van der Waals surface area contributed by atoms with Crippen LogP contribution < -0.4 is 10.6 Å². The minimum Gasteiger partial charge on any atom is -0.335 e. The van der Waals surface area contributed by atoms with E-state index in [9.17, 15) is 4.79 Å². The van der Waals surface area contributed by atoms with E-state index in [-0.39, 0.29) is 6.03 Å². The van der Waals surface area contributed by atoms with E-state index in [4.69, 9.17) is 0 Å². The second-order valence-corrected chi connectivity index (χ2v) is 5.51. The lowest BCUT2D eigenvalue weighted by Gasteiger charge is -2.21. The molecule has 2 amide bonds. The molecule has 1 saturated carbocycles. The van der Waals surface area contributed by atoms with Crippen LogP contribution in [-0.2, 0) is 0 Å². The van der Waals surface area contributed by atoms with Gasteiger partial charge in [0.15, 0.2) is 0 Å². The number of rotatable bonds is 2. The molecule has 0 unspecified atom stereocenters. The summed E-state index contributed by atoms with van der Waals surface area (Å²) < 4.78 is 0. The number of benzene rings is 1. The molecule has 19 heavy (non-hydrogen) atoms. The Balaban J connectivity index is 1.80. The molecular formula is C16H24N2O. The molecule has 2 rings (SSSR count). The fraction of sp³-hybridized carbons (Fsp3) is 0.562. The number of urea groups is 1. The van der Waals surface area contributed by atoms with Gasteiger partial charge in [-0.3, -0.25) is 0 Å². The Hall–Kier alpha value is -1.51. The fourth-order valence-electron chi connectivity index (χ4n) is 2.59. The molecule has 0 radical (unpaired) electrons. The van der Waals surface area contributed by atoms with E-state index in [0.717, 1.165) is 18.5 Å². The molecule has 0 bridgehead atoms. The molecule has 1 aliphatic carbocycles. The van der Waals surface area contributed by atoms with Crippen LogP contribution in [-0.4, -0.2) is 12.1 Å². The first-order valence-corrected chi connectivity index (χ1v) is 7.38. The molecule has 3 heteroatoms. The monoisotopic (exact) mass is 260 g/mol. The Morgan fingerprint density at radius 3 is 2.21 bits per heavy atom. The van der Waals surface area contributed by atoms with Crippen LogP contribution in [0.5, 0.6) is 0 Å². The van der Waals surface area contributed by atoms with Crippen molar-refractivity contribution in [2.45, 2.75) is 57.9 Å². The Labute approximate surface area is 115 Å². The zero-order chi connectivity index (χ0) is 13.5. The van der Waals surface area contributed by atoms with E-state index in [0.29, 0.717) is 6.04 Å². The highest BCUT2D eigenvalue weighted by atomic mass is 16.2. The van der Waals surface area contributed by atoms with E-state index in [1.165, 1.54) is 37.7 Å². The maximum absolute atomic E-state index is 11.9. The van der Waals surface area contributed by atoms with E-state index >= 15 is 0 Å². The smallest absolute Gasteiger partial charge is 0.319 e. The van der Waals surface area contributed by atoms with Gasteiger partial charge in [-0.15, -0.1) is 0 Å². The van der Waals surface area contributed by atoms with Crippen molar-refractivity contribution in [3.8, 4) is 0 Å². The van der Waals surface area contributed by atoms with Gasteiger partial charge in [0, 0.05) is 11.7 Å². The average Bonchev–Trinajstić information content (AvgIpc) is 2.35. The van der Waals surface area contributed by atoms with Crippen molar-refractivity contribution in [3.63, 3.8) is 0 Å². The van der Waals surface area contributed by atoms with E-state index in [1.54, 1.807) is 0 Å². The van der Waals surface area contributed by atoms with Crippen LogP contribution in [0.1, 0.15) is 50.5 Å². The van der Waals surface area contributed by atoms with Crippen LogP contribution in [0, 0.1) is 6.92 Å². The fourth-order valence-corrected chi connectivity index (χ4v) is 2.59. The van der Waals surface area contributed by atoms with Gasteiger partial charge < -0.3 is 10.6 Å². The lowest BCUT2D eigenvalue weighted by atomic mass is 9.97. The third-order valence-corrected chi connectivity index (χ3v) is 3.75. The van der Waals surface area contributed by atoms with E-state index in [2.05, 4.69) is 10.6 Å². The summed E-state index contributed by atoms with van der Waals surface area (Å²) in [5, 5.41) is 6.00. The average molecular weight is 260 g/mol. The Kier molecular flexibility index (Phi) is 5.25. The third-order valence-electron chi connectivity index (χ3n) is 3.75. The van der Waals surface area contributed by atoms with Gasteiger partial charge in [0.25, 0.3) is 0 Å². The Morgan fingerprint density at radius 1 is 1.00 bits per heavy atom. The van der Waals surface area contributed by atoms with Crippen LogP contribution in [0.2, 0.25) is 0 Å². The van der Waals surface area contributed by atoms with Gasteiger partial charge in [0.1, 0.15) is 0 Å². The topological polar surface area (TPSA) is 41.1 Å². The highest BCUT2D eigenvalue weighted by Gasteiger charge is 2.13. The number of anilines is 1. The molecule has 1 aliphatic rings. The lowest BCUT2D eigenvalue weighted by Crippen LogP contribution is -2.38. The first-order chi connectivity index (χ1) is 9.24. The summed E-state index contributed by atoms with van der Waals surface area (Å²) >= 11 is 0. The summed E-state index contributed by atoms with van der Waals surface area (Å²) in [5.74, 6) is 0. The van der Waals surface area contributed by atoms with Gasteiger partial charge in [-0.25, -0.2) is 4.79 Å². The number of hydrogen-bond donors (Lipinski definition) is 2. The van der Waals surface area contributed by atoms with Gasteiger partial charge in [-0.2, -0.15) is 0 Å². The first-order valence-electron chi connectivity index (χ1n) is 7.38. The van der Waals surface area contributed by atoms with Crippen LogP contribution in [0.15, 0.2) is 24.3 Å². The predicted molar refractivity (Wildman–Crippen MR) is 79.4 cm³/mol. The summed E-state index contributed by atoms with van der Waals surface area (Å²) in [6.45, 7) is 2.04. The molecular weight excluding hydrogens is 236 g/mol. The molecule has 1 aromatic rings. The van der Waals surface area contributed by atoms with Crippen molar-refractivity contribution in [2.75, 3.05) is 5.32 Å². The molecule has 1 aromatic carbocycles. The SMILES string of the molecule is Cc1ccc(NC(=O)NC2CCCCCCC2)cc1. The molecule has 3 nitrogen and oxygen atoms in total. The molecule has 2 N–H and O–H groups in total. The van der Waals surface area contributed by atoms with Crippen LogP contribution in [0.4, 0.5) is 10.5 Å². The molecule has 104 valence electrons. The quantitative estimate of drug-likeness (QED) is 0.821. The van der Waals surface area contributed by atoms with Crippen molar-refractivity contribution in [3.05, 3.63) is 29.8 Å². The minimum absolute atomic E-state index is 0.0746. The first kappa shape index (κ1) is 13.9. The van der Waals surface area contributed by atoms with Crippen molar-refractivity contribution in [1.82, 2.24) is 5.32 Å². The van der Waals surface area contributed by atoms with Gasteiger partial charge >= 0.3 is 6.03 Å². The number of amides is 2. The normalized spacial score (nSPS) is 17.3. The largest absolute Gasteiger partial charge is 0.335 e. The number of hydrogen-bond acceptors (Lipinski definition) is 1. The van der Waals surface area contributed by atoms with E-state index < -0.39 is 0 Å². The standard InChI is InChI=1S/C16H24N2O/c1-13-9-11-15(12-10-13)18-16(19)17-14-7-5-3-2-4-6-8-14/h9-12,14H,2-8H2,1H3,(H2,17,18,19). The summed E-state index contributed by atoms with van der Waals surface area (Å²) in [6.07, 6.45) is 8.64. The van der Waals surface area contributed by atoms with Crippen LogP contribution in [0.25, 0.3) is 0 Å². The minimum atomic E-state index is -0.0746. The zero-order valence-electron chi connectivity index (χ0n) is 11.7. The maximum atomic E-state index is 11.9. The third kappa shape index (κ3) is 4.93. The predicted octanol–water partition coefficient (Wildman–Crippen LogP) is 4.23. The number of carbonyl (C=O) groups excluding carboxylic acids is 1. The van der Waals surface area contributed by atoms with Gasteiger partial charge in [-0.05, 0) is 31.9 Å². The van der Waals surface area contributed by atoms with Crippen molar-refractivity contribution in [2.24, 2.45) is 0 Å². The number of aryl methyl sites for hydroxylation is 1. The molecule has 0 aliphatic heterocycles. The van der Waals surface area contributed by atoms with Gasteiger partial charge in [0.05, 0.1) is 0 Å². The second-order valence-electron chi connectivity index (χ2n) is 5.51. The second kappa shape index (κ2) is 7.17. The molecule has 1 fully saturated rings. The highest BCUT2D eigenvalue weighted by molar-refractivity contribution is 5.89. The summed E-state index contributed by atoms with van der Waals surface area (Å²) in [6, 6.07) is 8.15. The van der Waals surface area contributed by atoms with Crippen molar-refractivity contribution in [1.29, 1.82) is 0 Å². The maximum Gasteiger partial charge on any atom is 0.319 e. The molecule has 0 saturated heterocycles. The van der Waals surface area contributed by atoms with Gasteiger partial charge in [-0.1, -0.05) is 49.8 Å². The summed E-state index contributed by atoms with van der Waals surface area (Å²) in [5.41, 5.74) is 2.06. The summed E-state index contributed by atoms with van der Waals surface area (Å²) in [7, 11) is 0. The van der Waals surface area contributed by atoms with Crippen LogP contribution >= 0.6 is 0 Å². The molecule has 0 atom stereocenters. The van der Waals surface area contributed by atoms with Crippen molar-refractivity contribution >= 4 is 11.7 Å². The van der Waals surface area contributed by atoms with Crippen molar-refractivity contribution < 1.29 is 4.79 Å². The summed E-state index contributed by atoms with van der Waals surface area (Å²) in [4.78, 5) is 11.9. The zero-order valence-corrected chi connectivity index (χ0v) is 11.7. The van der Waals surface area contributed by atoms with E-state index in [1.807, 2.05) is 31.2 Å². The lowest BCUT2D eigenvalue weighted by molar-refractivity contribution is 0.245. The molecule has 0 heterocycles. The number of nitrogens with one attached hydrogen (secondary N) is 2. The molecule has 0 spiro atoms. The van der Waals surface area contributed by atoms with Crippen LogP contribution in [0.3, 0.4) is 0 Å². The Bertz CT molecular complexity index is 392. The molecule has 0 aromatic heterocycles.